The van der Waals surface area contributed by atoms with Crippen LogP contribution in [0.5, 0.6) is 23.0 Å². The fourth-order valence-corrected chi connectivity index (χ4v) is 7.87. The summed E-state index contributed by atoms with van der Waals surface area (Å²) in [6.45, 7) is 0.557. The molecule has 14 heteroatoms. The Labute approximate surface area is 413 Å². The summed E-state index contributed by atoms with van der Waals surface area (Å²) in [6.07, 6.45) is 1.56. The second kappa shape index (κ2) is 25.3. The molecule has 360 valence electrons. The van der Waals surface area contributed by atoms with Crippen molar-refractivity contribution in [2.75, 3.05) is 52.7 Å². The Balaban J connectivity index is 0.000000173. The molecule has 0 amide bonds. The van der Waals surface area contributed by atoms with Gasteiger partial charge in [-0.1, -0.05) is 120 Å². The number of anilines is 1. The molecular weight excluding hydrogens is 957 g/mol. The molecule has 9 rings (SSSR count). The molecule has 0 spiro atoms. The molecular formula is C56H53BrN2O11. The van der Waals surface area contributed by atoms with Gasteiger partial charge in [0.2, 0.25) is 5.78 Å². The van der Waals surface area contributed by atoms with Crippen LogP contribution in [0.1, 0.15) is 45.4 Å². The minimum Gasteiger partial charge on any atom is -0.496 e. The zero-order valence-corrected chi connectivity index (χ0v) is 40.1. The minimum absolute atomic E-state index is 0. The normalized spacial score (nSPS) is 10.3. The molecule has 1 aromatic heterocycles. The number of halogens is 1. The monoisotopic (exact) mass is 1010 g/mol. The number of Topliss-reactive ketones (excluding diaryl/α,β-unsaturated/α-hetero) is 3. The van der Waals surface area contributed by atoms with Crippen LogP contribution in [0.3, 0.4) is 0 Å². The Morgan fingerprint density at radius 1 is 0.529 bits per heavy atom. The van der Waals surface area contributed by atoms with Gasteiger partial charge in [0.05, 0.1) is 33.8 Å². The molecule has 0 atom stereocenters. The highest BCUT2D eigenvalue weighted by molar-refractivity contribution is 9.09. The number of alkyl halides is 1. The lowest BCUT2D eigenvalue weighted by atomic mass is 10.0. The number of hydrogen-bond donors (Lipinski definition) is 2. The molecule has 3 N–H and O–H groups in total. The quantitative estimate of drug-likeness (QED) is 0.0669. The molecule has 0 bridgehead atoms. The van der Waals surface area contributed by atoms with E-state index in [0.29, 0.717) is 22.2 Å². The highest BCUT2D eigenvalue weighted by Crippen LogP contribution is 2.35. The number of nitrogens with zero attached hydrogens (tertiary/aromatic N) is 1. The summed E-state index contributed by atoms with van der Waals surface area (Å²) < 4.78 is 30.9. The van der Waals surface area contributed by atoms with Crippen molar-refractivity contribution in [2.24, 2.45) is 0 Å². The van der Waals surface area contributed by atoms with Gasteiger partial charge in [-0.15, -0.1) is 0 Å². The van der Waals surface area contributed by atoms with Crippen LogP contribution < -0.4 is 24.7 Å². The second-order valence-corrected chi connectivity index (χ2v) is 15.4. The number of benzene rings is 8. The van der Waals surface area contributed by atoms with Crippen molar-refractivity contribution in [1.82, 2.24) is 4.98 Å². The van der Waals surface area contributed by atoms with Gasteiger partial charge in [0.15, 0.2) is 18.2 Å². The van der Waals surface area contributed by atoms with E-state index in [1.54, 1.807) is 59.0 Å². The van der Waals surface area contributed by atoms with Crippen LogP contribution >= 0.6 is 15.9 Å². The van der Waals surface area contributed by atoms with Crippen LogP contribution in [0, 0.1) is 0 Å². The van der Waals surface area contributed by atoms with Gasteiger partial charge in [0, 0.05) is 50.7 Å². The largest absolute Gasteiger partial charge is 0.496 e. The number of aliphatic hydroxyl groups excluding tert-OH is 1. The van der Waals surface area contributed by atoms with Crippen molar-refractivity contribution in [3.8, 4) is 34.3 Å². The number of carbonyl (C=O) groups is 4. The Hall–Kier alpha value is -8.07. The topological polar surface area (TPSA) is 187 Å². The number of carbonyl (C=O) groups excluding carboxylic acids is 4. The van der Waals surface area contributed by atoms with Crippen LogP contribution in [0.15, 0.2) is 156 Å². The van der Waals surface area contributed by atoms with E-state index < -0.39 is 12.6 Å². The lowest BCUT2D eigenvalue weighted by Crippen LogP contribution is -2.12. The predicted octanol–water partition coefficient (Wildman–Crippen LogP) is 11.8. The Morgan fingerprint density at radius 2 is 0.886 bits per heavy atom. The molecule has 0 unspecified atom stereocenters. The van der Waals surface area contributed by atoms with Gasteiger partial charge in [0.25, 0.3) is 6.01 Å². The van der Waals surface area contributed by atoms with Crippen LogP contribution in [0.4, 0.5) is 6.01 Å². The molecule has 9 aromatic rings. The summed E-state index contributed by atoms with van der Waals surface area (Å²) in [7, 11) is 6.47. The number of hydrogen-bond acceptors (Lipinski definition) is 13. The van der Waals surface area contributed by atoms with Crippen LogP contribution in [0.2, 0.25) is 0 Å². The molecule has 0 saturated heterocycles. The van der Waals surface area contributed by atoms with E-state index in [-0.39, 0.29) is 37.4 Å². The number of aromatic nitrogens is 1. The summed E-state index contributed by atoms with van der Waals surface area (Å²) in [6, 6.07) is 45.2. The maximum Gasteiger partial charge on any atom is 0.303 e. The van der Waals surface area contributed by atoms with E-state index in [4.69, 9.17) is 38.9 Å². The Morgan fingerprint density at radius 3 is 1.24 bits per heavy atom. The highest BCUT2D eigenvalue weighted by Gasteiger charge is 2.16. The number of nitrogen functional groups attached to an aromatic ring is 1. The van der Waals surface area contributed by atoms with Gasteiger partial charge in [0.1, 0.15) is 41.6 Å². The molecule has 0 saturated carbocycles. The number of fused-ring (bicyclic) bond motifs is 4. The number of nitrogens with two attached hydrogens (primary N) is 1. The molecule has 0 fully saturated rings. The Bertz CT molecular complexity index is 3180. The van der Waals surface area contributed by atoms with Crippen molar-refractivity contribution in [2.45, 2.75) is 14.4 Å². The minimum atomic E-state index is -0.476. The lowest BCUT2D eigenvalue weighted by Gasteiger charge is -2.09. The predicted molar refractivity (Wildman–Crippen MR) is 279 cm³/mol. The summed E-state index contributed by atoms with van der Waals surface area (Å²) in [5.74, 6) is 2.18. The lowest BCUT2D eigenvalue weighted by molar-refractivity contribution is -0.139. The second-order valence-electron chi connectivity index (χ2n) is 14.9. The number of aliphatic hydroxyl groups is 1. The number of esters is 1. The first-order chi connectivity index (χ1) is 33.5. The Kier molecular flexibility index (Phi) is 19.1. The van der Waals surface area contributed by atoms with Crippen LogP contribution in [0.25, 0.3) is 54.3 Å². The van der Waals surface area contributed by atoms with E-state index >= 15 is 0 Å². The third kappa shape index (κ3) is 12.3. The number of ether oxygens (including phenoxy) is 5. The van der Waals surface area contributed by atoms with Crippen molar-refractivity contribution in [1.29, 1.82) is 0 Å². The summed E-state index contributed by atoms with van der Waals surface area (Å²) in [4.78, 5) is 50.2. The molecule has 0 radical (unpaired) electrons. The number of rotatable bonds is 12. The third-order valence-corrected chi connectivity index (χ3v) is 11.3. The summed E-state index contributed by atoms with van der Waals surface area (Å²) in [5.41, 5.74) is 9.00. The number of methoxy groups -OCH3 is 4. The molecule has 0 aliphatic rings. The van der Waals surface area contributed by atoms with Crippen molar-refractivity contribution >= 4 is 88.4 Å². The van der Waals surface area contributed by atoms with E-state index in [1.807, 2.05) is 121 Å². The van der Waals surface area contributed by atoms with Gasteiger partial charge >= 0.3 is 5.97 Å². The number of oxazole rings is 1. The van der Waals surface area contributed by atoms with Crippen LogP contribution in [-0.4, -0.2) is 80.4 Å². The van der Waals surface area contributed by atoms with Gasteiger partial charge in [-0.05, 0) is 70.1 Å². The maximum atomic E-state index is 12.0. The molecule has 13 nitrogen and oxygen atoms in total. The highest BCUT2D eigenvalue weighted by atomic mass is 79.9. The fourth-order valence-electron chi connectivity index (χ4n) is 7.56. The van der Waals surface area contributed by atoms with Crippen molar-refractivity contribution in [3.05, 3.63) is 169 Å². The van der Waals surface area contributed by atoms with Gasteiger partial charge in [-0.2, -0.15) is 4.98 Å². The van der Waals surface area contributed by atoms with E-state index in [0.717, 1.165) is 77.2 Å². The zero-order valence-electron chi connectivity index (χ0n) is 38.5. The van der Waals surface area contributed by atoms with Crippen LogP contribution in [-0.2, 0) is 9.53 Å². The number of ketones is 3. The third-order valence-electron chi connectivity index (χ3n) is 10.8. The van der Waals surface area contributed by atoms with Crippen molar-refractivity contribution in [3.63, 3.8) is 0 Å². The fraction of sp³-hybridized carbons (Fsp3) is 0.161. The maximum absolute atomic E-state index is 12.0. The average molecular weight is 1010 g/mol. The van der Waals surface area contributed by atoms with E-state index in [1.165, 1.54) is 6.92 Å². The smallest absolute Gasteiger partial charge is 0.303 e. The first-order valence-electron chi connectivity index (χ1n) is 21.3. The van der Waals surface area contributed by atoms with Gasteiger partial charge in [-0.25, -0.2) is 0 Å². The first-order valence-corrected chi connectivity index (χ1v) is 22.4. The average Bonchev–Trinajstić information content (AvgIpc) is 3.84. The standard InChI is InChI=1S/C15H14O4.C14H12N2O2.C13H11BrO2.C13H12O3.CH4/c1-10(16)19-9-14(17)12-7-8-15(18-2)13-6-4-3-5-11(12)13;1-17-13-7-6-10(12-8-18-14(15)16-12)9-4-2-3-5-11(9)13;2*1-16-13-7-6-10(12(15)8-14)9-4-2-3-5-11(9)13;/h3-8H,9H2,1-2H3;2-8H,1H3,(H2,15,16);2-7H,8H2,1H3;2-7,14H,8H2,1H3;1H4. The summed E-state index contributed by atoms with van der Waals surface area (Å²) >= 11 is 3.19. The van der Waals surface area contributed by atoms with E-state index in [2.05, 4.69) is 20.9 Å². The van der Waals surface area contributed by atoms with Crippen molar-refractivity contribution < 1.29 is 52.4 Å². The van der Waals surface area contributed by atoms with Gasteiger partial charge < -0.3 is 38.9 Å². The molecule has 1 heterocycles. The zero-order chi connectivity index (χ0) is 49.5. The molecule has 0 aliphatic carbocycles. The SMILES string of the molecule is C.COc1ccc(-c2coc(N)n2)c2ccccc12.COc1ccc(C(=O)CBr)c2ccccc12.COc1ccc(C(=O)CO)c2ccccc12.COc1ccc(C(=O)COC(C)=O)c2ccccc12. The molecule has 0 aliphatic heterocycles. The molecule has 8 aromatic carbocycles. The first kappa shape index (κ1) is 52.9. The van der Waals surface area contributed by atoms with Gasteiger partial charge in [-0.3, -0.25) is 19.2 Å². The van der Waals surface area contributed by atoms with E-state index in [9.17, 15) is 19.2 Å². The summed E-state index contributed by atoms with van der Waals surface area (Å²) in [5, 5.41) is 16.6. The molecule has 70 heavy (non-hydrogen) atoms.